The predicted molar refractivity (Wildman–Crippen MR) is 106 cm³/mol. The molecule has 2 rings (SSSR count). The molecular formula is C21H24ClNO3. The zero-order valence-electron chi connectivity index (χ0n) is 15.5. The van der Waals surface area contributed by atoms with Crippen LogP contribution in [0.15, 0.2) is 48.5 Å². The third-order valence-corrected chi connectivity index (χ3v) is 4.08. The van der Waals surface area contributed by atoms with Crippen LogP contribution < -0.4 is 9.47 Å². The lowest BCUT2D eigenvalue weighted by molar-refractivity contribution is -0.125. The van der Waals surface area contributed by atoms with Gasteiger partial charge in [-0.05, 0) is 49.2 Å². The third kappa shape index (κ3) is 5.53. The lowest BCUT2D eigenvalue weighted by Gasteiger charge is -2.16. The maximum absolute atomic E-state index is 12.3. The van der Waals surface area contributed by atoms with E-state index in [1.165, 1.54) is 6.08 Å². The number of carbonyl (C=O) groups excluding carboxylic acids is 1. The summed E-state index contributed by atoms with van der Waals surface area (Å²) in [6, 6.07) is 13.1. The summed E-state index contributed by atoms with van der Waals surface area (Å²) < 4.78 is 11.1. The van der Waals surface area contributed by atoms with E-state index in [0.29, 0.717) is 23.1 Å². The largest absolute Gasteiger partial charge is 0.493 e. The highest BCUT2D eigenvalue weighted by molar-refractivity contribution is 6.31. The van der Waals surface area contributed by atoms with Gasteiger partial charge in [-0.2, -0.15) is 0 Å². The van der Waals surface area contributed by atoms with Crippen LogP contribution in [0.1, 0.15) is 25.0 Å². The lowest BCUT2D eigenvalue weighted by Crippen LogP contribution is -2.24. The van der Waals surface area contributed by atoms with Gasteiger partial charge in [0, 0.05) is 24.7 Å². The molecule has 2 aromatic rings. The van der Waals surface area contributed by atoms with E-state index in [1.54, 1.807) is 25.1 Å². The van der Waals surface area contributed by atoms with Gasteiger partial charge in [-0.15, -0.1) is 0 Å². The normalized spacial score (nSPS) is 11.0. The van der Waals surface area contributed by atoms with Crippen LogP contribution in [0.2, 0.25) is 5.02 Å². The second kappa shape index (κ2) is 9.30. The van der Waals surface area contributed by atoms with Gasteiger partial charge in [-0.25, -0.2) is 0 Å². The van der Waals surface area contributed by atoms with Crippen LogP contribution >= 0.6 is 11.6 Å². The Morgan fingerprint density at radius 2 is 1.92 bits per heavy atom. The molecule has 0 aliphatic rings. The van der Waals surface area contributed by atoms with Gasteiger partial charge < -0.3 is 14.4 Å². The molecule has 1 amide bonds. The summed E-state index contributed by atoms with van der Waals surface area (Å²) in [5.74, 6) is 1.21. The highest BCUT2D eigenvalue weighted by Gasteiger charge is 2.09. The van der Waals surface area contributed by atoms with Crippen molar-refractivity contribution in [1.82, 2.24) is 4.90 Å². The van der Waals surface area contributed by atoms with E-state index < -0.39 is 0 Å². The summed E-state index contributed by atoms with van der Waals surface area (Å²) in [6.45, 7) is 4.37. The molecule has 0 fully saturated rings. The number of hydrogen-bond acceptors (Lipinski definition) is 3. The molecule has 0 unspecified atom stereocenters. The molecule has 2 aromatic carbocycles. The molecule has 4 nitrogen and oxygen atoms in total. The van der Waals surface area contributed by atoms with Gasteiger partial charge in [-0.3, -0.25) is 4.79 Å². The fourth-order valence-electron chi connectivity index (χ4n) is 2.39. The van der Waals surface area contributed by atoms with E-state index in [1.807, 2.05) is 56.3 Å². The van der Waals surface area contributed by atoms with Gasteiger partial charge in [0.05, 0.1) is 13.2 Å². The summed E-state index contributed by atoms with van der Waals surface area (Å²) in [5.41, 5.74) is 1.77. The minimum atomic E-state index is -0.105. The summed E-state index contributed by atoms with van der Waals surface area (Å²) >= 11 is 6.15. The van der Waals surface area contributed by atoms with E-state index in [-0.39, 0.29) is 12.0 Å². The number of likely N-dealkylation sites (N-methyl/N-ethyl adjacent to an activating group) is 1. The Morgan fingerprint density at radius 3 is 2.58 bits per heavy atom. The van der Waals surface area contributed by atoms with Gasteiger partial charge in [0.2, 0.25) is 5.91 Å². The first-order valence-corrected chi connectivity index (χ1v) is 8.79. The van der Waals surface area contributed by atoms with E-state index >= 15 is 0 Å². The second-order valence-corrected chi connectivity index (χ2v) is 6.60. The van der Waals surface area contributed by atoms with Crippen molar-refractivity contribution < 1.29 is 14.3 Å². The van der Waals surface area contributed by atoms with Crippen molar-refractivity contribution in [3.8, 4) is 11.5 Å². The quantitative estimate of drug-likeness (QED) is 0.654. The molecule has 0 radical (unpaired) electrons. The fourth-order valence-corrected chi connectivity index (χ4v) is 2.59. The molecule has 0 aliphatic heterocycles. The Balaban J connectivity index is 2.06. The van der Waals surface area contributed by atoms with E-state index in [0.717, 1.165) is 11.1 Å². The molecule has 0 spiro atoms. The molecule has 0 atom stereocenters. The molecule has 0 bridgehead atoms. The van der Waals surface area contributed by atoms with Crippen LogP contribution in [0.3, 0.4) is 0 Å². The number of carbonyl (C=O) groups is 1. The fraction of sp³-hybridized carbons (Fsp3) is 0.286. The molecule has 0 aliphatic carbocycles. The topological polar surface area (TPSA) is 38.8 Å². The molecule has 26 heavy (non-hydrogen) atoms. The summed E-state index contributed by atoms with van der Waals surface area (Å²) in [4.78, 5) is 14.0. The average molecular weight is 374 g/mol. The summed E-state index contributed by atoms with van der Waals surface area (Å²) in [5, 5.41) is 0.654. The zero-order chi connectivity index (χ0) is 19.1. The highest BCUT2D eigenvalue weighted by Crippen LogP contribution is 2.29. The Bertz CT molecular complexity index is 787. The van der Waals surface area contributed by atoms with Crippen LogP contribution in [0.4, 0.5) is 0 Å². The standard InChI is InChI=1S/C21H24ClNO3/c1-15(2)26-19-11-9-16(13-20(19)25-4)10-12-21(24)23(3)14-17-7-5-6-8-18(17)22/h5-13,15H,14H2,1-4H3/b12-10+. The van der Waals surface area contributed by atoms with Gasteiger partial charge in [0.15, 0.2) is 11.5 Å². The lowest BCUT2D eigenvalue weighted by atomic mass is 10.1. The van der Waals surface area contributed by atoms with E-state index in [9.17, 15) is 4.79 Å². The SMILES string of the molecule is COc1cc(/C=C/C(=O)N(C)Cc2ccccc2Cl)ccc1OC(C)C. The van der Waals surface area contributed by atoms with Crippen LogP contribution in [0.25, 0.3) is 6.08 Å². The first-order chi connectivity index (χ1) is 12.4. The molecule has 0 saturated heterocycles. The van der Waals surface area contributed by atoms with Gasteiger partial charge in [0.25, 0.3) is 0 Å². The molecule has 0 N–H and O–H groups in total. The number of amides is 1. The minimum Gasteiger partial charge on any atom is -0.493 e. The van der Waals surface area contributed by atoms with E-state index in [2.05, 4.69) is 0 Å². The first kappa shape index (κ1) is 19.9. The summed E-state index contributed by atoms with van der Waals surface area (Å²) in [7, 11) is 3.34. The minimum absolute atomic E-state index is 0.0605. The van der Waals surface area contributed by atoms with Crippen molar-refractivity contribution >= 4 is 23.6 Å². The summed E-state index contributed by atoms with van der Waals surface area (Å²) in [6.07, 6.45) is 3.35. The maximum atomic E-state index is 12.3. The van der Waals surface area contributed by atoms with Crippen molar-refractivity contribution in [2.24, 2.45) is 0 Å². The van der Waals surface area contributed by atoms with Crippen LogP contribution in [-0.2, 0) is 11.3 Å². The number of ether oxygens (including phenoxy) is 2. The van der Waals surface area contributed by atoms with E-state index in [4.69, 9.17) is 21.1 Å². The number of halogens is 1. The number of benzene rings is 2. The van der Waals surface area contributed by atoms with Crippen molar-refractivity contribution in [1.29, 1.82) is 0 Å². The monoisotopic (exact) mass is 373 g/mol. The Morgan fingerprint density at radius 1 is 1.19 bits per heavy atom. The number of nitrogens with zero attached hydrogens (tertiary/aromatic N) is 1. The maximum Gasteiger partial charge on any atom is 0.246 e. The van der Waals surface area contributed by atoms with Gasteiger partial charge >= 0.3 is 0 Å². The second-order valence-electron chi connectivity index (χ2n) is 6.20. The molecule has 138 valence electrons. The van der Waals surface area contributed by atoms with Crippen LogP contribution in [0.5, 0.6) is 11.5 Å². The van der Waals surface area contributed by atoms with Gasteiger partial charge in [-0.1, -0.05) is 35.9 Å². The van der Waals surface area contributed by atoms with Crippen molar-refractivity contribution in [3.63, 3.8) is 0 Å². The Labute approximate surface area is 160 Å². The predicted octanol–water partition coefficient (Wildman–Crippen LogP) is 4.81. The van der Waals surface area contributed by atoms with Crippen molar-refractivity contribution in [2.75, 3.05) is 14.2 Å². The number of hydrogen-bond donors (Lipinski definition) is 0. The molecule has 0 heterocycles. The van der Waals surface area contributed by atoms with Crippen molar-refractivity contribution in [2.45, 2.75) is 26.5 Å². The Kier molecular flexibility index (Phi) is 7.10. The molecule has 0 aromatic heterocycles. The molecular weight excluding hydrogens is 350 g/mol. The van der Waals surface area contributed by atoms with Gasteiger partial charge in [0.1, 0.15) is 0 Å². The highest BCUT2D eigenvalue weighted by atomic mass is 35.5. The Hall–Kier alpha value is -2.46. The number of methoxy groups -OCH3 is 1. The third-order valence-electron chi connectivity index (χ3n) is 3.71. The number of rotatable bonds is 7. The van der Waals surface area contributed by atoms with Crippen molar-refractivity contribution in [3.05, 3.63) is 64.7 Å². The molecule has 0 saturated carbocycles. The average Bonchev–Trinajstić information content (AvgIpc) is 2.61. The molecule has 5 heteroatoms. The zero-order valence-corrected chi connectivity index (χ0v) is 16.3. The van der Waals surface area contributed by atoms with Crippen LogP contribution in [0, 0.1) is 0 Å². The smallest absolute Gasteiger partial charge is 0.246 e. The first-order valence-electron chi connectivity index (χ1n) is 8.42. The van der Waals surface area contributed by atoms with Crippen LogP contribution in [-0.4, -0.2) is 31.1 Å².